The second kappa shape index (κ2) is 4.59. The van der Waals surface area contributed by atoms with Crippen LogP contribution < -0.4 is 0 Å². The summed E-state index contributed by atoms with van der Waals surface area (Å²) in [4.78, 5) is 2.62. The second-order valence-electron chi connectivity index (χ2n) is 10.8. The van der Waals surface area contributed by atoms with Crippen LogP contribution in [0.25, 0.3) is 0 Å². The van der Waals surface area contributed by atoms with Crippen molar-refractivity contribution in [2.24, 2.45) is 39.9 Å². The van der Waals surface area contributed by atoms with Crippen molar-refractivity contribution in [1.29, 1.82) is 0 Å². The quantitative estimate of drug-likeness (QED) is 0.625. The zero-order chi connectivity index (χ0) is 18.2. The van der Waals surface area contributed by atoms with Crippen molar-refractivity contribution in [3.8, 4) is 0 Å². The third kappa shape index (κ3) is 1.34. The van der Waals surface area contributed by atoms with E-state index >= 15 is 0 Å². The van der Waals surface area contributed by atoms with Crippen LogP contribution in [0.5, 0.6) is 0 Å². The highest BCUT2D eigenvalue weighted by Crippen LogP contribution is 2.83. The van der Waals surface area contributed by atoms with E-state index in [-0.39, 0.29) is 34.2 Å². The average Bonchev–Trinajstić information content (AvgIpc) is 3.06. The van der Waals surface area contributed by atoms with E-state index in [4.69, 9.17) is 0 Å². The summed E-state index contributed by atoms with van der Waals surface area (Å²) in [6, 6.07) is 0.319. The fourth-order valence-corrected chi connectivity index (χ4v) is 10.0. The largest absolute Gasteiger partial charge is 0.392 e. The summed E-state index contributed by atoms with van der Waals surface area (Å²) in [5.41, 5.74) is 0.616. The molecule has 0 amide bonds. The van der Waals surface area contributed by atoms with Crippen LogP contribution in [0.2, 0.25) is 0 Å². The van der Waals surface area contributed by atoms with Crippen LogP contribution in [-0.4, -0.2) is 57.7 Å². The van der Waals surface area contributed by atoms with E-state index in [1.165, 1.54) is 0 Å². The normalized spacial score (nSPS) is 65.5. The first-order chi connectivity index (χ1) is 12.3. The van der Waals surface area contributed by atoms with E-state index in [1.807, 2.05) is 0 Å². The number of fused-ring (bicyclic) bond motifs is 2. The van der Waals surface area contributed by atoms with Gasteiger partial charge >= 0.3 is 0 Å². The van der Waals surface area contributed by atoms with Gasteiger partial charge in [-0.2, -0.15) is 0 Å². The van der Waals surface area contributed by atoms with Crippen LogP contribution in [0, 0.1) is 39.9 Å². The van der Waals surface area contributed by atoms with Gasteiger partial charge in [0.05, 0.1) is 18.3 Å². The van der Waals surface area contributed by atoms with Crippen LogP contribution in [0.1, 0.15) is 46.0 Å². The molecule has 6 saturated carbocycles. The van der Waals surface area contributed by atoms with Gasteiger partial charge in [-0.05, 0) is 61.5 Å². The molecule has 0 aromatic heterocycles. The first-order valence-corrected chi connectivity index (χ1v) is 10.8. The van der Waals surface area contributed by atoms with Crippen molar-refractivity contribution in [3.63, 3.8) is 0 Å². The molecular weight excluding hydrogens is 326 g/mol. The molecule has 3 N–H and O–H groups in total. The van der Waals surface area contributed by atoms with E-state index < -0.39 is 12.2 Å². The summed E-state index contributed by atoms with van der Waals surface area (Å²) in [5, 5.41) is 34.4. The Bertz CT molecular complexity index is 695. The number of rotatable bonds is 1. The minimum absolute atomic E-state index is 0.0155. The van der Waals surface area contributed by atoms with Crippen molar-refractivity contribution in [2.75, 3.05) is 13.1 Å². The van der Waals surface area contributed by atoms with Gasteiger partial charge in [-0.15, -0.1) is 0 Å². The number of aliphatic hydroxyl groups excluding tert-OH is 3. The Labute approximate surface area is 156 Å². The number of nitrogens with zero attached hydrogens (tertiary/aromatic N) is 1. The molecule has 7 fully saturated rings. The minimum atomic E-state index is -0.500. The van der Waals surface area contributed by atoms with E-state index in [1.54, 1.807) is 0 Å². The molecule has 1 saturated heterocycles. The van der Waals surface area contributed by atoms with Crippen LogP contribution in [0.4, 0.5) is 0 Å². The minimum Gasteiger partial charge on any atom is -0.392 e. The SMILES string of the molecule is C=C1[C@H]2CC[C@@]3(C4C[C@@H]5[C@@]6(C)CC[C@H](O)[C@@]5(C4N(CC)C6)[C@@H]3[C@H]2O)[C@@H]1O. The van der Waals surface area contributed by atoms with Gasteiger partial charge in [0.25, 0.3) is 0 Å². The molecule has 0 aromatic carbocycles. The second-order valence-corrected chi connectivity index (χ2v) is 10.8. The predicted octanol–water partition coefficient (Wildman–Crippen LogP) is 1.79. The van der Waals surface area contributed by atoms with Gasteiger partial charge in [0.15, 0.2) is 0 Å². The molecule has 11 atom stereocenters. The third-order valence-corrected chi connectivity index (χ3v) is 10.5. The highest BCUT2D eigenvalue weighted by Gasteiger charge is 2.86. The summed E-state index contributed by atoms with van der Waals surface area (Å²) < 4.78 is 0. The number of piperidine rings is 1. The van der Waals surface area contributed by atoms with Crippen LogP contribution in [0.3, 0.4) is 0 Å². The molecule has 4 nitrogen and oxygen atoms in total. The van der Waals surface area contributed by atoms with Crippen molar-refractivity contribution in [1.82, 2.24) is 4.90 Å². The zero-order valence-corrected chi connectivity index (χ0v) is 16.1. The topological polar surface area (TPSA) is 63.9 Å². The maximum atomic E-state index is 11.5. The van der Waals surface area contributed by atoms with E-state index in [0.717, 1.165) is 50.8 Å². The van der Waals surface area contributed by atoms with Crippen molar-refractivity contribution < 1.29 is 15.3 Å². The summed E-state index contributed by atoms with van der Waals surface area (Å²) in [7, 11) is 0. The molecule has 1 aliphatic heterocycles. The number of aliphatic hydroxyl groups is 3. The van der Waals surface area contributed by atoms with Crippen molar-refractivity contribution in [3.05, 3.63) is 12.2 Å². The molecule has 2 spiro atoms. The van der Waals surface area contributed by atoms with Gasteiger partial charge in [-0.25, -0.2) is 0 Å². The Kier molecular flexibility index (Phi) is 2.92. The average molecular weight is 360 g/mol. The smallest absolute Gasteiger partial charge is 0.0814 e. The molecule has 2 unspecified atom stereocenters. The molecule has 4 heteroatoms. The fourth-order valence-electron chi connectivity index (χ4n) is 10.0. The Balaban J connectivity index is 1.63. The van der Waals surface area contributed by atoms with Crippen molar-refractivity contribution >= 4 is 0 Å². The molecule has 144 valence electrons. The van der Waals surface area contributed by atoms with Gasteiger partial charge in [0, 0.05) is 35.3 Å². The van der Waals surface area contributed by atoms with Gasteiger partial charge in [0.1, 0.15) is 0 Å². The van der Waals surface area contributed by atoms with E-state index in [0.29, 0.717) is 17.9 Å². The standard InChI is InChI=1S/C22H33NO3/c1-4-23-10-20(3)7-6-15(24)22-14(20)9-13(18(22)23)21-8-5-12(11(2)19(21)26)16(25)17(21)22/h12-19,24-26H,2,4-10H2,1,3H3/t12-,13?,14-,15+,16+,17-,18?,19-,20+,21+,22-/m1/s1. The number of hydrogen-bond donors (Lipinski definition) is 3. The van der Waals surface area contributed by atoms with Crippen LogP contribution >= 0.6 is 0 Å². The summed E-state index contributed by atoms with van der Waals surface area (Å²) >= 11 is 0. The molecule has 26 heavy (non-hydrogen) atoms. The highest BCUT2D eigenvalue weighted by atomic mass is 16.3. The fraction of sp³-hybridized carbons (Fsp3) is 0.909. The maximum Gasteiger partial charge on any atom is 0.0814 e. The molecule has 0 aromatic rings. The lowest BCUT2D eigenvalue weighted by molar-refractivity contribution is -0.256. The lowest BCUT2D eigenvalue weighted by atomic mass is 9.38. The monoisotopic (exact) mass is 359 g/mol. The van der Waals surface area contributed by atoms with E-state index in [9.17, 15) is 15.3 Å². The van der Waals surface area contributed by atoms with Gasteiger partial charge in [-0.3, -0.25) is 4.90 Å². The molecular formula is C22H33NO3. The molecule has 1 heterocycles. The highest BCUT2D eigenvalue weighted by molar-refractivity contribution is 5.39. The summed E-state index contributed by atoms with van der Waals surface area (Å²) in [6.07, 6.45) is 3.73. The van der Waals surface area contributed by atoms with E-state index in [2.05, 4.69) is 25.3 Å². The Morgan fingerprint density at radius 2 is 1.96 bits per heavy atom. The van der Waals surface area contributed by atoms with Crippen LogP contribution in [-0.2, 0) is 0 Å². The molecule has 7 aliphatic rings. The zero-order valence-electron chi connectivity index (χ0n) is 16.1. The number of hydrogen-bond acceptors (Lipinski definition) is 4. The third-order valence-electron chi connectivity index (χ3n) is 10.5. The predicted molar refractivity (Wildman–Crippen MR) is 98.2 cm³/mol. The van der Waals surface area contributed by atoms with Gasteiger partial charge in [0.2, 0.25) is 0 Å². The van der Waals surface area contributed by atoms with Gasteiger partial charge in [-0.1, -0.05) is 20.4 Å². The number of likely N-dealkylation sites (tertiary alicyclic amines) is 1. The molecule has 7 rings (SSSR count). The Morgan fingerprint density at radius 3 is 2.69 bits per heavy atom. The molecule has 6 aliphatic carbocycles. The first-order valence-electron chi connectivity index (χ1n) is 10.8. The molecule has 7 bridgehead atoms. The van der Waals surface area contributed by atoms with Crippen LogP contribution in [0.15, 0.2) is 12.2 Å². The van der Waals surface area contributed by atoms with Gasteiger partial charge < -0.3 is 15.3 Å². The van der Waals surface area contributed by atoms with Crippen molar-refractivity contribution in [2.45, 2.75) is 70.3 Å². The maximum absolute atomic E-state index is 11.5. The Morgan fingerprint density at radius 1 is 1.19 bits per heavy atom. The summed E-state index contributed by atoms with van der Waals surface area (Å²) in [6.45, 7) is 11.0. The molecule has 0 radical (unpaired) electrons. The Hall–Kier alpha value is -0.420. The first kappa shape index (κ1) is 16.5. The summed E-state index contributed by atoms with van der Waals surface area (Å²) in [5.74, 6) is 0.921. The lowest BCUT2D eigenvalue weighted by Crippen LogP contribution is -2.72. The lowest BCUT2D eigenvalue weighted by Gasteiger charge is -2.69.